The molecule has 10 heteroatoms. The fourth-order valence-corrected chi connectivity index (χ4v) is 3.59. The molecular weight excluding hydrogens is 418 g/mol. The van der Waals surface area contributed by atoms with Crippen molar-refractivity contribution in [3.63, 3.8) is 0 Å². The molecule has 2 rings (SSSR count). The Hall–Kier alpha value is -2.75. The number of benzene rings is 2. The predicted molar refractivity (Wildman–Crippen MR) is 108 cm³/mol. The summed E-state index contributed by atoms with van der Waals surface area (Å²) in [7, 11) is -2.69. The second-order valence-corrected chi connectivity index (χ2v) is 8.72. The van der Waals surface area contributed by atoms with E-state index in [1.807, 2.05) is 0 Å². The van der Waals surface area contributed by atoms with E-state index in [2.05, 4.69) is 10.9 Å². The van der Waals surface area contributed by atoms with Crippen molar-refractivity contribution in [2.24, 2.45) is 0 Å². The monoisotopic (exact) mass is 437 g/mol. The quantitative estimate of drug-likeness (QED) is 0.504. The van der Waals surface area contributed by atoms with Gasteiger partial charge in [-0.25, -0.2) is 8.42 Å². The topological polar surface area (TPSA) is 113 Å². The van der Waals surface area contributed by atoms with Gasteiger partial charge in [0.2, 0.25) is 15.9 Å². The fourth-order valence-electron chi connectivity index (χ4n) is 2.34. The molecule has 0 heterocycles. The normalized spacial score (nSPS) is 11.2. The lowest BCUT2D eigenvalue weighted by molar-refractivity contribution is -0.128. The molecule has 0 saturated carbocycles. The maximum absolute atomic E-state index is 12.5. The van der Waals surface area contributed by atoms with Crippen LogP contribution in [0.2, 0.25) is 5.02 Å². The van der Waals surface area contributed by atoms with E-state index in [9.17, 15) is 22.8 Å². The van der Waals surface area contributed by atoms with Crippen LogP contribution >= 0.6 is 11.6 Å². The summed E-state index contributed by atoms with van der Waals surface area (Å²) in [5.41, 5.74) is 5.49. The Morgan fingerprint density at radius 1 is 0.931 bits per heavy atom. The molecule has 0 aliphatic carbocycles. The Bertz CT molecular complexity index is 1010. The molecule has 0 saturated heterocycles. The van der Waals surface area contributed by atoms with Crippen LogP contribution in [0.15, 0.2) is 53.4 Å². The van der Waals surface area contributed by atoms with Gasteiger partial charge in [0.1, 0.15) is 0 Å². The van der Waals surface area contributed by atoms with Crippen molar-refractivity contribution < 1.29 is 22.8 Å². The molecule has 2 amide bonds. The highest BCUT2D eigenvalue weighted by Crippen LogP contribution is 2.15. The number of hydrazine groups is 1. The van der Waals surface area contributed by atoms with Crippen molar-refractivity contribution in [2.75, 3.05) is 13.6 Å². The van der Waals surface area contributed by atoms with Gasteiger partial charge in [-0.15, -0.1) is 0 Å². The maximum atomic E-state index is 12.5. The number of nitrogens with zero attached hydrogens (tertiary/aromatic N) is 1. The Kier molecular flexibility index (Phi) is 7.49. The second kappa shape index (κ2) is 9.64. The predicted octanol–water partition coefficient (Wildman–Crippen LogP) is 1.55. The fraction of sp³-hybridized carbons (Fsp3) is 0.211. The van der Waals surface area contributed by atoms with Crippen molar-refractivity contribution >= 4 is 39.2 Å². The number of carbonyl (C=O) groups excluding carboxylic acids is 3. The summed E-state index contributed by atoms with van der Waals surface area (Å²) in [5, 5.41) is 0.544. The number of likely N-dealkylation sites (N-methyl/N-ethyl adjacent to an activating group) is 1. The van der Waals surface area contributed by atoms with Crippen LogP contribution in [0.25, 0.3) is 0 Å². The van der Waals surface area contributed by atoms with E-state index in [0.29, 0.717) is 16.1 Å². The highest BCUT2D eigenvalue weighted by molar-refractivity contribution is 7.89. The number of hydrogen-bond acceptors (Lipinski definition) is 5. The first-order chi connectivity index (χ1) is 13.6. The number of amides is 2. The van der Waals surface area contributed by atoms with E-state index in [0.717, 1.165) is 4.31 Å². The number of rotatable bonds is 7. The third-order valence-corrected chi connectivity index (χ3v) is 6.02. The van der Waals surface area contributed by atoms with Gasteiger partial charge < -0.3 is 0 Å². The standard InChI is InChI=1S/C19H20ClN3O5S/c1-13(24)15-5-9-17(10-6-15)29(27,28)23(2)12-19(26)22-21-18(25)11-14-3-7-16(20)8-4-14/h3-10H,11-12H2,1-2H3,(H,21,25)(H,22,26). The average Bonchev–Trinajstić information content (AvgIpc) is 2.68. The van der Waals surface area contributed by atoms with Crippen molar-refractivity contribution in [2.45, 2.75) is 18.2 Å². The Morgan fingerprint density at radius 2 is 1.48 bits per heavy atom. The Labute approximate surface area is 173 Å². The molecule has 2 N–H and O–H groups in total. The van der Waals surface area contributed by atoms with Gasteiger partial charge in [0.15, 0.2) is 5.78 Å². The molecule has 154 valence electrons. The van der Waals surface area contributed by atoms with Crippen LogP contribution in [-0.2, 0) is 26.0 Å². The number of carbonyl (C=O) groups is 3. The molecule has 8 nitrogen and oxygen atoms in total. The smallest absolute Gasteiger partial charge is 0.253 e. The van der Waals surface area contributed by atoms with Crippen LogP contribution in [-0.4, -0.2) is 43.9 Å². The van der Waals surface area contributed by atoms with Crippen molar-refractivity contribution in [1.82, 2.24) is 15.2 Å². The van der Waals surface area contributed by atoms with Crippen molar-refractivity contribution in [3.8, 4) is 0 Å². The van der Waals surface area contributed by atoms with Gasteiger partial charge in [0.25, 0.3) is 5.91 Å². The number of hydrogen-bond donors (Lipinski definition) is 2. The SMILES string of the molecule is CC(=O)c1ccc(S(=O)(=O)N(C)CC(=O)NNC(=O)Cc2ccc(Cl)cc2)cc1. The second-order valence-electron chi connectivity index (χ2n) is 6.24. The minimum absolute atomic E-state index is 0.0219. The first kappa shape index (κ1) is 22.5. The zero-order valence-electron chi connectivity index (χ0n) is 15.8. The van der Waals surface area contributed by atoms with Crippen LogP contribution in [0.3, 0.4) is 0 Å². The zero-order chi connectivity index (χ0) is 21.6. The van der Waals surface area contributed by atoms with Gasteiger partial charge in [-0.05, 0) is 36.8 Å². The van der Waals surface area contributed by atoms with E-state index in [-0.39, 0.29) is 17.1 Å². The number of ketones is 1. The van der Waals surface area contributed by atoms with Crippen LogP contribution in [0.4, 0.5) is 0 Å². The van der Waals surface area contributed by atoms with E-state index in [1.54, 1.807) is 24.3 Å². The first-order valence-electron chi connectivity index (χ1n) is 8.49. The lowest BCUT2D eigenvalue weighted by Crippen LogP contribution is -2.47. The third kappa shape index (κ3) is 6.38. The largest absolute Gasteiger partial charge is 0.295 e. The minimum Gasteiger partial charge on any atom is -0.295 e. The molecule has 0 aromatic heterocycles. The summed E-state index contributed by atoms with van der Waals surface area (Å²) < 4.78 is 25.9. The first-order valence-corrected chi connectivity index (χ1v) is 10.3. The van der Waals surface area contributed by atoms with Crippen molar-refractivity contribution in [1.29, 1.82) is 0 Å². The van der Waals surface area contributed by atoms with Crippen LogP contribution in [0, 0.1) is 0 Å². The van der Waals surface area contributed by atoms with E-state index in [4.69, 9.17) is 11.6 Å². The summed E-state index contributed by atoms with van der Waals surface area (Å²) in [6, 6.07) is 12.1. The van der Waals surface area contributed by atoms with E-state index >= 15 is 0 Å². The molecule has 0 fully saturated rings. The van der Waals surface area contributed by atoms with Crippen LogP contribution < -0.4 is 10.9 Å². The molecule has 0 bridgehead atoms. The van der Waals surface area contributed by atoms with Gasteiger partial charge in [0.05, 0.1) is 17.9 Å². The third-order valence-electron chi connectivity index (χ3n) is 3.95. The Balaban J connectivity index is 1.89. The molecule has 2 aromatic rings. The molecule has 0 radical (unpaired) electrons. The highest BCUT2D eigenvalue weighted by atomic mass is 35.5. The van der Waals surface area contributed by atoms with Gasteiger partial charge in [-0.3, -0.25) is 25.2 Å². The van der Waals surface area contributed by atoms with Crippen molar-refractivity contribution in [3.05, 3.63) is 64.7 Å². The molecule has 0 aliphatic heterocycles. The number of nitrogens with one attached hydrogen (secondary N) is 2. The Morgan fingerprint density at radius 3 is 2.03 bits per heavy atom. The summed E-state index contributed by atoms with van der Waals surface area (Å²) in [6.07, 6.45) is 0.0219. The number of Topliss-reactive ketones (excluding diaryl/α,β-unsaturated/α-hetero) is 1. The van der Waals surface area contributed by atoms with Gasteiger partial charge >= 0.3 is 0 Å². The lowest BCUT2D eigenvalue weighted by atomic mass is 10.1. The number of sulfonamides is 1. The molecule has 0 spiro atoms. The van der Waals surface area contributed by atoms with E-state index < -0.39 is 28.4 Å². The van der Waals surface area contributed by atoms with E-state index in [1.165, 1.54) is 38.2 Å². The highest BCUT2D eigenvalue weighted by Gasteiger charge is 2.23. The summed E-state index contributed by atoms with van der Waals surface area (Å²) >= 11 is 5.78. The minimum atomic E-state index is -3.93. The van der Waals surface area contributed by atoms with Gasteiger partial charge in [-0.2, -0.15) is 4.31 Å². The molecule has 29 heavy (non-hydrogen) atoms. The molecular formula is C19H20ClN3O5S. The number of halogens is 1. The summed E-state index contributed by atoms with van der Waals surface area (Å²) in [5.74, 6) is -1.36. The van der Waals surface area contributed by atoms with Crippen LogP contribution in [0.1, 0.15) is 22.8 Å². The summed E-state index contributed by atoms with van der Waals surface area (Å²) in [4.78, 5) is 35.1. The van der Waals surface area contributed by atoms with Gasteiger partial charge in [0, 0.05) is 17.6 Å². The molecule has 0 aliphatic rings. The maximum Gasteiger partial charge on any atom is 0.253 e. The van der Waals surface area contributed by atoms with Gasteiger partial charge in [-0.1, -0.05) is 35.9 Å². The average molecular weight is 438 g/mol. The zero-order valence-corrected chi connectivity index (χ0v) is 17.4. The lowest BCUT2D eigenvalue weighted by Gasteiger charge is -2.17. The molecule has 0 atom stereocenters. The summed E-state index contributed by atoms with van der Waals surface area (Å²) in [6.45, 7) is 0.874. The van der Waals surface area contributed by atoms with Crippen LogP contribution in [0.5, 0.6) is 0 Å². The molecule has 2 aromatic carbocycles. The molecule has 0 unspecified atom stereocenters.